The summed E-state index contributed by atoms with van der Waals surface area (Å²) in [5, 5.41) is 0. The first-order valence-electron chi connectivity index (χ1n) is 14.2. The van der Waals surface area contributed by atoms with Crippen LogP contribution in [0, 0.1) is 29.6 Å². The van der Waals surface area contributed by atoms with Crippen LogP contribution >= 0.6 is 0 Å². The van der Waals surface area contributed by atoms with E-state index >= 15 is 0 Å². The second-order valence-electron chi connectivity index (χ2n) is 12.3. The van der Waals surface area contributed by atoms with Gasteiger partial charge in [0.25, 0.3) is 0 Å². The first-order chi connectivity index (χ1) is 18.1. The van der Waals surface area contributed by atoms with Crippen molar-refractivity contribution in [3.63, 3.8) is 0 Å². The van der Waals surface area contributed by atoms with Gasteiger partial charge < -0.3 is 35.4 Å². The summed E-state index contributed by atoms with van der Waals surface area (Å²) in [6.45, 7) is 2.12. The number of allylic oxidation sites excluding steroid dienone is 2. The highest BCUT2D eigenvalue weighted by Gasteiger charge is 2.63. The Morgan fingerprint density at radius 2 is 1.21 bits per heavy atom. The molecule has 0 radical (unpaired) electrons. The fraction of sp³-hybridized carbons (Fsp3) is 0.923. The van der Waals surface area contributed by atoms with E-state index in [0.717, 1.165) is 17.4 Å². The van der Waals surface area contributed by atoms with Gasteiger partial charge in [0.1, 0.15) is 0 Å². The van der Waals surface area contributed by atoms with Crippen molar-refractivity contribution in [3.05, 3.63) is 12.2 Å². The predicted octanol–water partition coefficient (Wildman–Crippen LogP) is 5.02. The van der Waals surface area contributed by atoms with Crippen molar-refractivity contribution >= 4 is 34.2 Å². The van der Waals surface area contributed by atoms with E-state index < -0.39 is 34.2 Å². The summed E-state index contributed by atoms with van der Waals surface area (Å²) in [7, 11) is 4.49. The van der Waals surface area contributed by atoms with Gasteiger partial charge in [-0.3, -0.25) is 0 Å². The predicted molar refractivity (Wildman–Crippen MR) is 157 cm³/mol. The average molecular weight is 605 g/mol. The van der Waals surface area contributed by atoms with Crippen molar-refractivity contribution in [1.82, 2.24) is 0 Å². The second-order valence-corrected chi connectivity index (χ2v) is 27.7. The fourth-order valence-electron chi connectivity index (χ4n) is 8.76. The summed E-state index contributed by atoms with van der Waals surface area (Å²) in [5.74, 6) is 3.01. The molecule has 0 aromatic heterocycles. The molecule has 0 saturated heterocycles. The summed E-state index contributed by atoms with van der Waals surface area (Å²) in [6, 6.07) is 0.969. The quantitative estimate of drug-likeness (QED) is 0.180. The number of hydrogen-bond acceptors (Lipinski definition) is 8. The minimum atomic E-state index is -2.61. The molecule has 0 heterocycles. The molecule has 7 atom stereocenters. The van der Waals surface area contributed by atoms with Gasteiger partial charge in [-0.2, -0.15) is 0 Å². The summed E-state index contributed by atoms with van der Waals surface area (Å²) in [4.78, 5) is 0. The normalized spacial score (nSPS) is 33.1. The highest BCUT2D eigenvalue weighted by atomic mass is 28.4. The number of fused-ring (bicyclic) bond motifs is 4. The molecule has 3 saturated carbocycles. The Kier molecular flexibility index (Phi) is 10.1. The molecular formula is C26H52O8Si4. The van der Waals surface area contributed by atoms with Crippen LogP contribution in [0.15, 0.2) is 12.2 Å². The van der Waals surface area contributed by atoms with Crippen molar-refractivity contribution < 1.29 is 35.4 Å². The number of rotatable bonds is 16. The lowest BCUT2D eigenvalue weighted by atomic mass is 9.90. The van der Waals surface area contributed by atoms with Crippen LogP contribution in [0.2, 0.25) is 35.0 Å². The first kappa shape index (κ1) is 31.2. The van der Waals surface area contributed by atoms with Crippen molar-refractivity contribution in [3.8, 4) is 0 Å². The van der Waals surface area contributed by atoms with Gasteiger partial charge in [0.05, 0.1) is 0 Å². The smallest absolute Gasteiger partial charge is 0.343 e. The Morgan fingerprint density at radius 3 is 1.66 bits per heavy atom. The van der Waals surface area contributed by atoms with Gasteiger partial charge in [-0.1, -0.05) is 12.2 Å². The lowest BCUT2D eigenvalue weighted by molar-refractivity contribution is 0.181. The Hall–Kier alpha value is 0.288. The third kappa shape index (κ3) is 5.54. The molecule has 0 N–H and O–H groups in total. The van der Waals surface area contributed by atoms with Crippen LogP contribution in [-0.2, 0) is 35.4 Å². The summed E-state index contributed by atoms with van der Waals surface area (Å²) in [5.41, 5.74) is 2.47. The molecule has 0 aromatic rings. The van der Waals surface area contributed by atoms with Crippen molar-refractivity contribution in [2.24, 2.45) is 29.6 Å². The highest BCUT2D eigenvalue weighted by Crippen LogP contribution is 2.62. The molecule has 0 aliphatic heterocycles. The summed E-state index contributed by atoms with van der Waals surface area (Å²) < 4.78 is 50.2. The zero-order chi connectivity index (χ0) is 27.8. The van der Waals surface area contributed by atoms with E-state index in [1.165, 1.54) is 32.1 Å². The minimum Gasteiger partial charge on any atom is -0.398 e. The third-order valence-electron chi connectivity index (χ3n) is 11.0. The first-order valence-corrected chi connectivity index (χ1v) is 23.2. The van der Waals surface area contributed by atoms with Crippen LogP contribution in [-0.4, -0.2) is 91.1 Å². The molecule has 4 aliphatic rings. The van der Waals surface area contributed by atoms with Gasteiger partial charge in [-0.15, -0.1) is 0 Å². The SMILES string of the molecule is CO[Si](C)(C[Si](OC)(OC)C1CC2CC(C[Si](C[Si](OC)(OC)C3CC4C=CC3C4)(OC)OC)C1C2)OC. The van der Waals surface area contributed by atoms with Gasteiger partial charge in [-0.05, 0) is 74.3 Å². The molecule has 0 amide bonds. The molecular weight excluding hydrogens is 553 g/mol. The van der Waals surface area contributed by atoms with Gasteiger partial charge in [0.2, 0.25) is 0 Å². The largest absolute Gasteiger partial charge is 0.398 e. The third-order valence-corrected chi connectivity index (χ3v) is 30.4. The molecule has 4 aliphatic carbocycles. The lowest BCUT2D eigenvalue weighted by Gasteiger charge is -2.45. The van der Waals surface area contributed by atoms with E-state index in [2.05, 4.69) is 18.7 Å². The van der Waals surface area contributed by atoms with Crippen LogP contribution in [0.1, 0.15) is 32.1 Å². The molecule has 3 fully saturated rings. The van der Waals surface area contributed by atoms with E-state index in [9.17, 15) is 0 Å². The molecule has 0 spiro atoms. The van der Waals surface area contributed by atoms with Crippen LogP contribution in [0.4, 0.5) is 0 Å². The summed E-state index contributed by atoms with van der Waals surface area (Å²) >= 11 is 0. The Morgan fingerprint density at radius 1 is 0.605 bits per heavy atom. The van der Waals surface area contributed by atoms with Gasteiger partial charge in [-0.25, -0.2) is 0 Å². The van der Waals surface area contributed by atoms with Crippen LogP contribution in [0.5, 0.6) is 0 Å². The van der Waals surface area contributed by atoms with Gasteiger partial charge >= 0.3 is 34.2 Å². The fourth-order valence-corrected chi connectivity index (χ4v) is 29.4. The zero-order valence-corrected chi connectivity index (χ0v) is 29.1. The maximum absolute atomic E-state index is 6.43. The average Bonchev–Trinajstić information content (AvgIpc) is 3.76. The monoisotopic (exact) mass is 604 g/mol. The maximum atomic E-state index is 6.43. The van der Waals surface area contributed by atoms with Crippen molar-refractivity contribution in [1.29, 1.82) is 0 Å². The van der Waals surface area contributed by atoms with Crippen LogP contribution < -0.4 is 0 Å². The zero-order valence-electron chi connectivity index (χ0n) is 25.1. The van der Waals surface area contributed by atoms with Gasteiger partial charge in [0, 0.05) is 79.3 Å². The van der Waals surface area contributed by atoms with Crippen LogP contribution in [0.25, 0.3) is 0 Å². The Bertz CT molecular complexity index is 815. The standard InChI is InChI=1S/C26H52O8Si4/c1-27-35(9,28-2)18-37(31-5,32-6)26-16-21-13-23(24(26)14-21)17-36(29-3,30-4)19-38(33-7,34-8)25-15-20-10-11-22(25)12-20/h10-11,20-26H,12-19H2,1-9H3. The topological polar surface area (TPSA) is 73.8 Å². The Balaban J connectivity index is 1.56. The minimum absolute atomic E-state index is 0.418. The highest BCUT2D eigenvalue weighted by molar-refractivity contribution is 6.87. The number of hydrogen-bond donors (Lipinski definition) is 0. The maximum Gasteiger partial charge on any atom is 0.343 e. The Labute approximate surface area is 235 Å². The van der Waals surface area contributed by atoms with Gasteiger partial charge in [0.15, 0.2) is 0 Å². The molecule has 12 heteroatoms. The molecule has 7 unspecified atom stereocenters. The van der Waals surface area contributed by atoms with Crippen molar-refractivity contribution in [2.75, 3.05) is 56.9 Å². The van der Waals surface area contributed by atoms with E-state index in [0.29, 0.717) is 40.7 Å². The molecule has 4 rings (SSSR count). The summed E-state index contributed by atoms with van der Waals surface area (Å²) in [6.07, 6.45) is 10.8. The molecule has 38 heavy (non-hydrogen) atoms. The van der Waals surface area contributed by atoms with E-state index in [1.807, 2.05) is 42.7 Å². The molecule has 8 nitrogen and oxygen atoms in total. The second kappa shape index (κ2) is 12.3. The van der Waals surface area contributed by atoms with Crippen LogP contribution in [0.3, 0.4) is 0 Å². The molecule has 4 bridgehead atoms. The van der Waals surface area contributed by atoms with E-state index in [4.69, 9.17) is 35.4 Å². The molecule has 220 valence electrons. The van der Waals surface area contributed by atoms with Crippen molar-refractivity contribution in [2.45, 2.75) is 67.1 Å². The molecule has 0 aromatic carbocycles. The van der Waals surface area contributed by atoms with E-state index in [-0.39, 0.29) is 0 Å². The van der Waals surface area contributed by atoms with E-state index in [1.54, 1.807) is 14.2 Å². The lowest BCUT2D eigenvalue weighted by Crippen LogP contribution is -2.58.